The van der Waals surface area contributed by atoms with Crippen molar-refractivity contribution in [3.05, 3.63) is 100 Å². The van der Waals surface area contributed by atoms with Crippen molar-refractivity contribution in [2.45, 2.75) is 52.6 Å². The Morgan fingerprint density at radius 1 is 1.06 bits per heavy atom. The number of nitrogens with zero attached hydrogens (tertiary/aromatic N) is 2. The molecule has 6 nitrogen and oxygen atoms in total. The molecular formula is C30H32N2O4. The van der Waals surface area contributed by atoms with Crippen LogP contribution in [-0.4, -0.2) is 33.3 Å². The highest BCUT2D eigenvalue weighted by Gasteiger charge is 2.46. The van der Waals surface area contributed by atoms with E-state index in [1.54, 1.807) is 36.7 Å². The molecule has 0 aliphatic carbocycles. The molecule has 2 heterocycles. The number of benzene rings is 2. The second-order valence-electron chi connectivity index (χ2n) is 9.07. The van der Waals surface area contributed by atoms with Gasteiger partial charge in [0.15, 0.2) is 0 Å². The molecular weight excluding hydrogens is 452 g/mol. The van der Waals surface area contributed by atoms with Gasteiger partial charge in [0.05, 0.1) is 18.2 Å². The topological polar surface area (TPSA) is 79.7 Å². The van der Waals surface area contributed by atoms with Gasteiger partial charge in [-0.3, -0.25) is 14.6 Å². The smallest absolute Gasteiger partial charge is 0.295 e. The monoisotopic (exact) mass is 484 g/mol. The molecule has 36 heavy (non-hydrogen) atoms. The van der Waals surface area contributed by atoms with Crippen LogP contribution in [-0.2, 0) is 22.6 Å². The summed E-state index contributed by atoms with van der Waals surface area (Å²) in [4.78, 5) is 32.2. The molecule has 1 atom stereocenters. The number of pyridine rings is 1. The van der Waals surface area contributed by atoms with Crippen LogP contribution in [0.2, 0.25) is 0 Å². The minimum atomic E-state index is -0.711. The number of carbonyl (C=O) groups excluding carboxylic acids is 2. The fourth-order valence-electron chi connectivity index (χ4n) is 4.45. The number of amides is 1. The third-order valence-electron chi connectivity index (χ3n) is 6.52. The van der Waals surface area contributed by atoms with Crippen LogP contribution in [0.3, 0.4) is 0 Å². The third-order valence-corrected chi connectivity index (χ3v) is 6.52. The van der Waals surface area contributed by atoms with E-state index in [0.29, 0.717) is 12.2 Å². The summed E-state index contributed by atoms with van der Waals surface area (Å²) in [6, 6.07) is 16.1. The van der Waals surface area contributed by atoms with Crippen molar-refractivity contribution in [2.75, 3.05) is 6.61 Å². The molecule has 1 saturated heterocycles. The quantitative estimate of drug-likeness (QED) is 0.181. The first-order valence-corrected chi connectivity index (χ1v) is 12.4. The Balaban J connectivity index is 1.77. The maximum Gasteiger partial charge on any atom is 0.295 e. The van der Waals surface area contributed by atoms with E-state index in [2.05, 4.69) is 18.8 Å². The van der Waals surface area contributed by atoms with E-state index in [1.807, 2.05) is 37.3 Å². The third kappa shape index (κ3) is 5.18. The summed E-state index contributed by atoms with van der Waals surface area (Å²) in [6.07, 6.45) is 6.21. The molecule has 3 aromatic rings. The fourth-order valence-corrected chi connectivity index (χ4v) is 4.45. The first kappa shape index (κ1) is 25.2. The maximum atomic E-state index is 13.3. The molecule has 0 spiro atoms. The van der Waals surface area contributed by atoms with Gasteiger partial charge < -0.3 is 14.7 Å². The van der Waals surface area contributed by atoms with Crippen LogP contribution < -0.4 is 4.74 Å². The molecule has 6 heteroatoms. The fraction of sp³-hybridized carbons (Fsp3) is 0.300. The number of carbonyl (C=O) groups is 2. The minimum absolute atomic E-state index is 0.0900. The van der Waals surface area contributed by atoms with Gasteiger partial charge in [-0.15, -0.1) is 0 Å². The number of hydrogen-bond donors (Lipinski definition) is 1. The first-order chi connectivity index (χ1) is 17.4. The Bertz CT molecular complexity index is 1270. The van der Waals surface area contributed by atoms with Crippen molar-refractivity contribution in [1.82, 2.24) is 9.88 Å². The minimum Gasteiger partial charge on any atom is -0.507 e. The van der Waals surface area contributed by atoms with Gasteiger partial charge in [0, 0.05) is 24.5 Å². The highest BCUT2D eigenvalue weighted by atomic mass is 16.5. The van der Waals surface area contributed by atoms with Crippen LogP contribution in [0.5, 0.6) is 5.75 Å². The summed E-state index contributed by atoms with van der Waals surface area (Å²) >= 11 is 0. The maximum absolute atomic E-state index is 13.3. The second-order valence-corrected chi connectivity index (χ2v) is 9.07. The molecule has 0 radical (unpaired) electrons. The molecule has 2 aromatic carbocycles. The number of ketones is 1. The summed E-state index contributed by atoms with van der Waals surface area (Å²) in [5.41, 5.74) is 4.14. The predicted octanol–water partition coefficient (Wildman–Crippen LogP) is 5.75. The van der Waals surface area contributed by atoms with Crippen LogP contribution in [0.1, 0.15) is 60.5 Å². The van der Waals surface area contributed by atoms with E-state index in [4.69, 9.17) is 4.74 Å². The van der Waals surface area contributed by atoms with Gasteiger partial charge in [0.1, 0.15) is 11.5 Å². The molecule has 186 valence electrons. The van der Waals surface area contributed by atoms with Crippen LogP contribution >= 0.6 is 0 Å². The summed E-state index contributed by atoms with van der Waals surface area (Å²) in [5.74, 6) is -0.776. The second kappa shape index (κ2) is 11.2. The standard InChI is InChI=1S/C30H32N2O4/c1-4-6-16-36-25-14-13-24(17-20(25)3)28(33)26-27(23-11-9-21(5-2)10-12-23)32(30(35)29(26)34)19-22-8-7-15-31-18-22/h7-15,17-18,27,33H,4-6,16,19H2,1-3H3. The number of aliphatic hydroxyl groups excluding tert-OH is 1. The summed E-state index contributed by atoms with van der Waals surface area (Å²) in [6.45, 7) is 6.91. The number of Topliss-reactive ketones (excluding diaryl/α,β-unsaturated/α-hetero) is 1. The lowest BCUT2D eigenvalue weighted by atomic mass is 9.94. The zero-order chi connectivity index (χ0) is 25.7. The zero-order valence-corrected chi connectivity index (χ0v) is 21.0. The lowest BCUT2D eigenvalue weighted by molar-refractivity contribution is -0.140. The largest absolute Gasteiger partial charge is 0.507 e. The normalized spacial score (nSPS) is 17.0. The van der Waals surface area contributed by atoms with E-state index < -0.39 is 17.7 Å². The van der Waals surface area contributed by atoms with Gasteiger partial charge in [-0.25, -0.2) is 0 Å². The Labute approximate surface area is 212 Å². The van der Waals surface area contributed by atoms with Crippen molar-refractivity contribution in [3.63, 3.8) is 0 Å². The Morgan fingerprint density at radius 3 is 2.47 bits per heavy atom. The number of unbranched alkanes of at least 4 members (excludes halogenated alkanes) is 1. The predicted molar refractivity (Wildman–Crippen MR) is 139 cm³/mol. The number of hydrogen-bond acceptors (Lipinski definition) is 5. The molecule has 1 aliphatic heterocycles. The van der Waals surface area contributed by atoms with Gasteiger partial charge in [0.25, 0.3) is 11.7 Å². The van der Waals surface area contributed by atoms with Gasteiger partial charge in [-0.05, 0) is 66.3 Å². The summed E-state index contributed by atoms with van der Waals surface area (Å²) in [5, 5.41) is 11.4. The highest BCUT2D eigenvalue weighted by molar-refractivity contribution is 6.46. The molecule has 0 saturated carbocycles. The van der Waals surface area contributed by atoms with Crippen molar-refractivity contribution in [3.8, 4) is 5.75 Å². The number of aryl methyl sites for hydroxylation is 2. The van der Waals surface area contributed by atoms with Crippen LogP contribution in [0.15, 0.2) is 72.6 Å². The zero-order valence-electron chi connectivity index (χ0n) is 21.0. The number of aromatic nitrogens is 1. The first-order valence-electron chi connectivity index (χ1n) is 12.4. The summed E-state index contributed by atoms with van der Waals surface area (Å²) < 4.78 is 5.84. The van der Waals surface area contributed by atoms with E-state index >= 15 is 0 Å². The van der Waals surface area contributed by atoms with E-state index in [9.17, 15) is 14.7 Å². The number of rotatable bonds is 9. The van der Waals surface area contributed by atoms with Crippen molar-refractivity contribution in [1.29, 1.82) is 0 Å². The van der Waals surface area contributed by atoms with E-state index in [1.165, 1.54) is 4.90 Å². The molecule has 1 N–H and O–H groups in total. The van der Waals surface area contributed by atoms with Gasteiger partial charge in [-0.1, -0.05) is 50.6 Å². The van der Waals surface area contributed by atoms with Crippen molar-refractivity contribution >= 4 is 17.4 Å². The van der Waals surface area contributed by atoms with E-state index in [0.717, 1.165) is 47.3 Å². The lowest BCUT2D eigenvalue weighted by Crippen LogP contribution is -2.29. The average Bonchev–Trinajstić information content (AvgIpc) is 3.15. The molecule has 1 fully saturated rings. The molecule has 1 aliphatic rings. The number of likely N-dealkylation sites (tertiary alicyclic amines) is 1. The molecule has 1 aromatic heterocycles. The van der Waals surface area contributed by atoms with Crippen LogP contribution in [0, 0.1) is 6.92 Å². The lowest BCUT2D eigenvalue weighted by Gasteiger charge is -2.25. The number of aliphatic hydroxyl groups is 1. The molecule has 1 amide bonds. The SMILES string of the molecule is CCCCOc1ccc(C(O)=C2C(=O)C(=O)N(Cc3cccnc3)C2c2ccc(CC)cc2)cc1C. The van der Waals surface area contributed by atoms with Crippen molar-refractivity contribution in [2.24, 2.45) is 0 Å². The average molecular weight is 485 g/mol. The van der Waals surface area contributed by atoms with Crippen LogP contribution in [0.4, 0.5) is 0 Å². The van der Waals surface area contributed by atoms with Gasteiger partial charge in [-0.2, -0.15) is 0 Å². The molecule has 0 bridgehead atoms. The highest BCUT2D eigenvalue weighted by Crippen LogP contribution is 2.40. The Hall–Kier alpha value is -3.93. The molecule has 1 unspecified atom stereocenters. The summed E-state index contributed by atoms with van der Waals surface area (Å²) in [7, 11) is 0. The van der Waals surface area contributed by atoms with Gasteiger partial charge in [0.2, 0.25) is 0 Å². The van der Waals surface area contributed by atoms with Crippen LogP contribution in [0.25, 0.3) is 5.76 Å². The Kier molecular flexibility index (Phi) is 7.84. The number of ether oxygens (including phenoxy) is 1. The molecule has 4 rings (SSSR count). The van der Waals surface area contributed by atoms with Crippen molar-refractivity contribution < 1.29 is 19.4 Å². The van der Waals surface area contributed by atoms with Gasteiger partial charge >= 0.3 is 0 Å². The Morgan fingerprint density at radius 2 is 1.83 bits per heavy atom. The van der Waals surface area contributed by atoms with E-state index in [-0.39, 0.29) is 17.9 Å².